The van der Waals surface area contributed by atoms with Gasteiger partial charge in [-0.1, -0.05) is 44.4 Å². The van der Waals surface area contributed by atoms with Crippen molar-refractivity contribution in [1.29, 1.82) is 0 Å². The van der Waals surface area contributed by atoms with E-state index in [-0.39, 0.29) is 0 Å². The van der Waals surface area contributed by atoms with Crippen LogP contribution in [0.15, 0.2) is 28.2 Å². The number of hydrogen-bond donors (Lipinski definition) is 1. The van der Waals surface area contributed by atoms with E-state index < -0.39 is 0 Å². The van der Waals surface area contributed by atoms with Crippen molar-refractivity contribution < 1.29 is 0 Å². The van der Waals surface area contributed by atoms with Crippen LogP contribution in [0.1, 0.15) is 39.0 Å². The van der Waals surface area contributed by atoms with Crippen LogP contribution >= 0.6 is 11.9 Å². The van der Waals surface area contributed by atoms with Gasteiger partial charge in [0.15, 0.2) is 0 Å². The zero-order valence-electron chi connectivity index (χ0n) is 10.3. The van der Waals surface area contributed by atoms with Crippen molar-refractivity contribution in [2.45, 2.75) is 39.0 Å². The summed E-state index contributed by atoms with van der Waals surface area (Å²) in [4.78, 5) is 0. The van der Waals surface area contributed by atoms with Crippen LogP contribution in [0.3, 0.4) is 0 Å². The van der Waals surface area contributed by atoms with Crippen LogP contribution in [-0.2, 0) is 0 Å². The van der Waals surface area contributed by atoms with Gasteiger partial charge in [0.05, 0.1) is 0 Å². The van der Waals surface area contributed by atoms with E-state index in [1.807, 2.05) is 7.05 Å². The standard InChI is InChI=1S/C13H22N2S/c1-3-4-5-8-11-16-15-13(14-2)12-9-6-7-10-12/h6-7,9H,3-5,8,10-11H2,1-2H3,(H,14,15). The number of nitrogens with one attached hydrogen (secondary N) is 1. The molecule has 0 bridgehead atoms. The Kier molecular flexibility index (Phi) is 7.06. The molecule has 0 atom stereocenters. The van der Waals surface area contributed by atoms with Crippen LogP contribution < -0.4 is 5.32 Å². The number of likely N-dealkylation sites (N-methyl/N-ethyl adjacent to an activating group) is 1. The highest BCUT2D eigenvalue weighted by Gasteiger charge is 2.05. The van der Waals surface area contributed by atoms with Crippen LogP contribution in [0, 0.1) is 0 Å². The fourth-order valence-electron chi connectivity index (χ4n) is 1.59. The normalized spacial score (nSPS) is 15.4. The largest absolute Gasteiger partial charge is 0.372 e. The molecule has 1 aliphatic carbocycles. The quantitative estimate of drug-likeness (QED) is 0.316. The van der Waals surface area contributed by atoms with E-state index in [9.17, 15) is 0 Å². The molecule has 0 amide bonds. The third kappa shape index (κ3) is 4.88. The lowest BCUT2D eigenvalue weighted by Gasteiger charge is -2.05. The minimum absolute atomic E-state index is 1.01. The zero-order valence-corrected chi connectivity index (χ0v) is 11.1. The molecule has 0 spiro atoms. The number of amidine groups is 1. The van der Waals surface area contributed by atoms with Gasteiger partial charge in [-0.2, -0.15) is 4.40 Å². The van der Waals surface area contributed by atoms with Gasteiger partial charge in [0.25, 0.3) is 0 Å². The van der Waals surface area contributed by atoms with Crippen LogP contribution in [-0.4, -0.2) is 18.6 Å². The summed E-state index contributed by atoms with van der Waals surface area (Å²) >= 11 is 1.68. The molecule has 0 aliphatic heterocycles. The van der Waals surface area contributed by atoms with E-state index in [4.69, 9.17) is 0 Å². The van der Waals surface area contributed by atoms with Gasteiger partial charge in [-0.15, -0.1) is 0 Å². The highest BCUT2D eigenvalue weighted by atomic mass is 32.2. The number of hydrogen-bond acceptors (Lipinski definition) is 2. The van der Waals surface area contributed by atoms with E-state index >= 15 is 0 Å². The number of rotatable bonds is 7. The second kappa shape index (κ2) is 8.45. The zero-order chi connectivity index (χ0) is 11.6. The Morgan fingerprint density at radius 3 is 2.94 bits per heavy atom. The first-order chi connectivity index (χ1) is 7.88. The molecule has 1 aliphatic rings. The molecular formula is C13H22N2S. The molecule has 0 heterocycles. The first-order valence-electron chi connectivity index (χ1n) is 6.12. The smallest absolute Gasteiger partial charge is 0.137 e. The molecule has 0 unspecified atom stereocenters. The summed E-state index contributed by atoms with van der Waals surface area (Å²) in [5, 5.41) is 3.17. The van der Waals surface area contributed by atoms with E-state index in [0.717, 1.165) is 18.0 Å². The molecule has 16 heavy (non-hydrogen) atoms. The number of unbranched alkanes of at least 4 members (excludes halogenated alkanes) is 3. The van der Waals surface area contributed by atoms with Crippen molar-refractivity contribution >= 4 is 17.8 Å². The fraction of sp³-hybridized carbons (Fsp3) is 0.615. The van der Waals surface area contributed by atoms with Gasteiger partial charge in [-0.3, -0.25) is 0 Å². The molecule has 0 aromatic rings. The lowest BCUT2D eigenvalue weighted by atomic mass is 10.2. The molecule has 3 heteroatoms. The number of allylic oxidation sites excluding steroid dienone is 3. The van der Waals surface area contributed by atoms with Gasteiger partial charge in [0, 0.05) is 12.8 Å². The van der Waals surface area contributed by atoms with Crippen molar-refractivity contribution in [2.75, 3.05) is 12.8 Å². The Labute approximate surface area is 103 Å². The fourth-order valence-corrected chi connectivity index (χ4v) is 2.35. The summed E-state index contributed by atoms with van der Waals surface area (Å²) in [5.41, 5.74) is 1.29. The minimum Gasteiger partial charge on any atom is -0.372 e. The third-order valence-corrected chi connectivity index (χ3v) is 3.34. The van der Waals surface area contributed by atoms with Crippen molar-refractivity contribution in [3.05, 3.63) is 23.8 Å². The summed E-state index contributed by atoms with van der Waals surface area (Å²) in [5.74, 6) is 2.16. The molecular weight excluding hydrogens is 216 g/mol. The molecule has 0 aromatic heterocycles. The van der Waals surface area contributed by atoms with Gasteiger partial charge in [-0.05, 0) is 30.4 Å². The Hall–Kier alpha value is -0.700. The molecule has 1 rings (SSSR count). The molecule has 0 aromatic carbocycles. The van der Waals surface area contributed by atoms with Crippen LogP contribution in [0.5, 0.6) is 0 Å². The molecule has 0 saturated carbocycles. The third-order valence-electron chi connectivity index (χ3n) is 2.56. The maximum atomic E-state index is 4.54. The Bertz CT molecular complexity index is 280. The van der Waals surface area contributed by atoms with Crippen molar-refractivity contribution in [1.82, 2.24) is 5.32 Å². The Balaban J connectivity index is 2.20. The van der Waals surface area contributed by atoms with E-state index in [2.05, 4.69) is 34.9 Å². The van der Waals surface area contributed by atoms with E-state index in [0.29, 0.717) is 0 Å². The average Bonchev–Trinajstić information content (AvgIpc) is 2.82. The predicted octanol–water partition coefficient (Wildman–Crippen LogP) is 3.72. The second-order valence-corrected chi connectivity index (χ2v) is 4.76. The minimum atomic E-state index is 1.01. The van der Waals surface area contributed by atoms with Crippen LogP contribution in [0.4, 0.5) is 0 Å². The molecule has 90 valence electrons. The summed E-state index contributed by atoms with van der Waals surface area (Å²) in [6.07, 6.45) is 12.6. The van der Waals surface area contributed by atoms with E-state index in [1.54, 1.807) is 11.9 Å². The molecule has 0 fully saturated rings. The topological polar surface area (TPSA) is 24.4 Å². The maximum absolute atomic E-state index is 4.54. The van der Waals surface area contributed by atoms with Gasteiger partial charge in [-0.25, -0.2) is 0 Å². The van der Waals surface area contributed by atoms with Crippen molar-refractivity contribution in [3.8, 4) is 0 Å². The Morgan fingerprint density at radius 2 is 2.31 bits per heavy atom. The van der Waals surface area contributed by atoms with Crippen LogP contribution in [0.2, 0.25) is 0 Å². The lowest BCUT2D eigenvalue weighted by molar-refractivity contribution is 0.706. The SMILES string of the molecule is CCCCCCS/N=C(\NC)C1=CC=CC1. The van der Waals surface area contributed by atoms with Gasteiger partial charge in [0.2, 0.25) is 0 Å². The van der Waals surface area contributed by atoms with Crippen molar-refractivity contribution in [2.24, 2.45) is 4.40 Å². The molecule has 1 N–H and O–H groups in total. The molecule has 0 saturated heterocycles. The first kappa shape index (κ1) is 13.4. The monoisotopic (exact) mass is 238 g/mol. The summed E-state index contributed by atoms with van der Waals surface area (Å²) in [7, 11) is 1.94. The van der Waals surface area contributed by atoms with Crippen LogP contribution in [0.25, 0.3) is 0 Å². The predicted molar refractivity (Wildman–Crippen MR) is 74.9 cm³/mol. The summed E-state index contributed by atoms with van der Waals surface area (Å²) in [6.45, 7) is 2.24. The van der Waals surface area contributed by atoms with Gasteiger partial charge >= 0.3 is 0 Å². The first-order valence-corrected chi connectivity index (χ1v) is 7.06. The summed E-state index contributed by atoms with van der Waals surface area (Å²) in [6, 6.07) is 0. The molecule has 0 radical (unpaired) electrons. The second-order valence-electron chi connectivity index (χ2n) is 3.91. The Morgan fingerprint density at radius 1 is 1.44 bits per heavy atom. The maximum Gasteiger partial charge on any atom is 0.137 e. The van der Waals surface area contributed by atoms with Crippen molar-refractivity contribution in [3.63, 3.8) is 0 Å². The lowest BCUT2D eigenvalue weighted by Crippen LogP contribution is -2.19. The van der Waals surface area contributed by atoms with E-state index in [1.165, 1.54) is 31.3 Å². The highest BCUT2D eigenvalue weighted by molar-refractivity contribution is 7.98. The number of nitrogens with zero attached hydrogens (tertiary/aromatic N) is 1. The van der Waals surface area contributed by atoms with Gasteiger partial charge < -0.3 is 5.32 Å². The van der Waals surface area contributed by atoms with Gasteiger partial charge in [0.1, 0.15) is 5.84 Å². The average molecular weight is 238 g/mol. The highest BCUT2D eigenvalue weighted by Crippen LogP contribution is 2.15. The molecule has 2 nitrogen and oxygen atoms in total. The summed E-state index contributed by atoms with van der Waals surface area (Å²) < 4.78 is 4.54.